The van der Waals surface area contributed by atoms with E-state index in [4.69, 9.17) is 4.74 Å². The average Bonchev–Trinajstić information content (AvgIpc) is 2.53. The van der Waals surface area contributed by atoms with Gasteiger partial charge in [-0.1, -0.05) is 0 Å². The van der Waals surface area contributed by atoms with Crippen molar-refractivity contribution in [2.75, 3.05) is 33.3 Å². The van der Waals surface area contributed by atoms with Crippen LogP contribution in [0.5, 0.6) is 0 Å². The summed E-state index contributed by atoms with van der Waals surface area (Å²) in [5, 5.41) is 0. The van der Waals surface area contributed by atoms with Gasteiger partial charge in [0, 0.05) is 6.04 Å². The number of amides is 1. The zero-order valence-corrected chi connectivity index (χ0v) is 8.03. The Morgan fingerprint density at radius 3 is 2.54 bits per heavy atom. The lowest BCUT2D eigenvalue weighted by Crippen LogP contribution is -2.44. The summed E-state index contributed by atoms with van der Waals surface area (Å²) in [4.78, 5) is 15.4. The third-order valence-electron chi connectivity index (χ3n) is 2.92. The molecule has 2 rings (SSSR count). The minimum absolute atomic E-state index is 0.116. The predicted octanol–water partition coefficient (Wildman–Crippen LogP) is 0.533. The van der Waals surface area contributed by atoms with E-state index in [1.54, 1.807) is 0 Å². The van der Waals surface area contributed by atoms with E-state index in [0.29, 0.717) is 12.6 Å². The van der Waals surface area contributed by atoms with Gasteiger partial charge in [0.15, 0.2) is 0 Å². The first-order valence-electron chi connectivity index (χ1n) is 4.89. The van der Waals surface area contributed by atoms with E-state index in [2.05, 4.69) is 11.9 Å². The number of nitrogens with zero attached hydrogens (tertiary/aromatic N) is 2. The molecule has 2 aliphatic rings. The summed E-state index contributed by atoms with van der Waals surface area (Å²) >= 11 is 0. The topological polar surface area (TPSA) is 32.8 Å². The van der Waals surface area contributed by atoms with Gasteiger partial charge in [-0.15, -0.1) is 0 Å². The minimum atomic E-state index is -0.116. The number of hydrogen-bond donors (Lipinski definition) is 0. The number of carbonyl (C=O) groups excluding carboxylic acids is 1. The van der Waals surface area contributed by atoms with Gasteiger partial charge in [-0.2, -0.15) is 0 Å². The van der Waals surface area contributed by atoms with Gasteiger partial charge in [0.25, 0.3) is 0 Å². The molecule has 0 aliphatic carbocycles. The van der Waals surface area contributed by atoms with Crippen molar-refractivity contribution in [1.29, 1.82) is 0 Å². The largest absolute Gasteiger partial charge is 0.448 e. The maximum Gasteiger partial charge on any atom is 0.410 e. The first kappa shape index (κ1) is 8.81. The highest BCUT2D eigenvalue weighted by molar-refractivity contribution is 5.69. The zero-order valence-electron chi connectivity index (χ0n) is 8.03. The van der Waals surface area contributed by atoms with Gasteiger partial charge in [-0.05, 0) is 33.0 Å². The quantitative estimate of drug-likeness (QED) is 0.596. The molecule has 0 aromatic carbocycles. The van der Waals surface area contributed by atoms with Crippen molar-refractivity contribution in [2.24, 2.45) is 0 Å². The number of rotatable bonds is 1. The predicted molar refractivity (Wildman–Crippen MR) is 48.6 cm³/mol. The third-order valence-corrected chi connectivity index (χ3v) is 2.92. The monoisotopic (exact) mass is 184 g/mol. The Labute approximate surface area is 78.4 Å². The number of cyclic esters (lactones) is 1. The standard InChI is InChI=1S/C9H16N2O2/c1-10-4-2-8(3-5-10)11-6-7-13-9(11)12/h8H,2-7H2,1H3. The highest BCUT2D eigenvalue weighted by Gasteiger charge is 2.31. The molecule has 0 aromatic heterocycles. The van der Waals surface area contributed by atoms with Crippen molar-refractivity contribution >= 4 is 6.09 Å². The summed E-state index contributed by atoms with van der Waals surface area (Å²) in [6.45, 7) is 3.54. The molecule has 0 spiro atoms. The van der Waals surface area contributed by atoms with E-state index in [-0.39, 0.29) is 6.09 Å². The molecule has 2 saturated heterocycles. The third kappa shape index (κ3) is 1.77. The second-order valence-corrected chi connectivity index (χ2v) is 3.84. The molecule has 2 fully saturated rings. The van der Waals surface area contributed by atoms with Crippen molar-refractivity contribution < 1.29 is 9.53 Å². The van der Waals surface area contributed by atoms with E-state index in [9.17, 15) is 4.79 Å². The molecule has 1 amide bonds. The molecule has 74 valence electrons. The SMILES string of the molecule is CN1CCC(N2CCOC2=O)CC1. The van der Waals surface area contributed by atoms with Crippen LogP contribution in [0.1, 0.15) is 12.8 Å². The number of piperidine rings is 1. The molecule has 2 aliphatic heterocycles. The first-order chi connectivity index (χ1) is 6.27. The molecule has 0 atom stereocenters. The Hall–Kier alpha value is -0.770. The Morgan fingerprint density at radius 1 is 1.31 bits per heavy atom. The number of ether oxygens (including phenoxy) is 1. The van der Waals surface area contributed by atoms with Crippen LogP contribution in [-0.4, -0.2) is 55.2 Å². The molecule has 0 aromatic rings. The smallest absolute Gasteiger partial charge is 0.410 e. The minimum Gasteiger partial charge on any atom is -0.448 e. The van der Waals surface area contributed by atoms with Gasteiger partial charge < -0.3 is 14.5 Å². The fourth-order valence-corrected chi connectivity index (χ4v) is 2.04. The molecule has 0 N–H and O–H groups in total. The Balaban J connectivity index is 1.90. The second kappa shape index (κ2) is 3.54. The van der Waals surface area contributed by atoms with Crippen LogP contribution in [0.3, 0.4) is 0 Å². The van der Waals surface area contributed by atoms with Crippen LogP contribution in [0, 0.1) is 0 Å². The van der Waals surface area contributed by atoms with Crippen LogP contribution < -0.4 is 0 Å². The highest BCUT2D eigenvalue weighted by Crippen LogP contribution is 2.18. The fourth-order valence-electron chi connectivity index (χ4n) is 2.04. The summed E-state index contributed by atoms with van der Waals surface area (Å²) in [7, 11) is 2.12. The molecule has 13 heavy (non-hydrogen) atoms. The van der Waals surface area contributed by atoms with Crippen molar-refractivity contribution in [3.05, 3.63) is 0 Å². The van der Waals surface area contributed by atoms with Crippen molar-refractivity contribution in [3.8, 4) is 0 Å². The molecular formula is C9H16N2O2. The molecular weight excluding hydrogens is 168 g/mol. The van der Waals surface area contributed by atoms with Crippen LogP contribution in [-0.2, 0) is 4.74 Å². The summed E-state index contributed by atoms with van der Waals surface area (Å²) in [6, 6.07) is 0.422. The molecule has 0 unspecified atom stereocenters. The van der Waals surface area contributed by atoms with Gasteiger partial charge in [-0.25, -0.2) is 4.79 Å². The molecule has 4 heteroatoms. The van der Waals surface area contributed by atoms with E-state index >= 15 is 0 Å². The lowest BCUT2D eigenvalue weighted by atomic mass is 10.0. The number of likely N-dealkylation sites (tertiary alicyclic amines) is 1. The number of hydrogen-bond acceptors (Lipinski definition) is 3. The molecule has 0 radical (unpaired) electrons. The van der Waals surface area contributed by atoms with E-state index in [1.165, 1.54) is 0 Å². The molecule has 0 saturated carbocycles. The van der Waals surface area contributed by atoms with Crippen LogP contribution in [0.25, 0.3) is 0 Å². The number of carbonyl (C=O) groups is 1. The molecule has 4 nitrogen and oxygen atoms in total. The van der Waals surface area contributed by atoms with Gasteiger partial charge >= 0.3 is 6.09 Å². The van der Waals surface area contributed by atoms with Crippen LogP contribution in [0.2, 0.25) is 0 Å². The van der Waals surface area contributed by atoms with Gasteiger partial charge in [0.1, 0.15) is 6.61 Å². The van der Waals surface area contributed by atoms with Crippen LogP contribution >= 0.6 is 0 Å². The molecule has 0 bridgehead atoms. The Kier molecular flexibility index (Phi) is 2.40. The van der Waals surface area contributed by atoms with E-state index < -0.39 is 0 Å². The van der Waals surface area contributed by atoms with Gasteiger partial charge in [-0.3, -0.25) is 0 Å². The summed E-state index contributed by atoms with van der Waals surface area (Å²) in [5.74, 6) is 0. The van der Waals surface area contributed by atoms with Crippen molar-refractivity contribution in [3.63, 3.8) is 0 Å². The van der Waals surface area contributed by atoms with Crippen molar-refractivity contribution in [2.45, 2.75) is 18.9 Å². The summed E-state index contributed by atoms with van der Waals surface area (Å²) in [5.41, 5.74) is 0. The van der Waals surface area contributed by atoms with Gasteiger partial charge in [0.05, 0.1) is 6.54 Å². The average molecular weight is 184 g/mol. The van der Waals surface area contributed by atoms with E-state index in [1.807, 2.05) is 4.90 Å². The van der Waals surface area contributed by atoms with Crippen LogP contribution in [0.15, 0.2) is 0 Å². The summed E-state index contributed by atoms with van der Waals surface area (Å²) in [6.07, 6.45) is 2.06. The second-order valence-electron chi connectivity index (χ2n) is 3.84. The first-order valence-corrected chi connectivity index (χ1v) is 4.89. The Morgan fingerprint density at radius 2 is 2.00 bits per heavy atom. The maximum atomic E-state index is 11.2. The molecule has 2 heterocycles. The zero-order chi connectivity index (χ0) is 9.26. The lowest BCUT2D eigenvalue weighted by molar-refractivity contribution is 0.125. The highest BCUT2D eigenvalue weighted by atomic mass is 16.6. The fraction of sp³-hybridized carbons (Fsp3) is 0.889. The Bertz CT molecular complexity index is 200. The van der Waals surface area contributed by atoms with Gasteiger partial charge in [0.2, 0.25) is 0 Å². The van der Waals surface area contributed by atoms with Crippen molar-refractivity contribution in [1.82, 2.24) is 9.80 Å². The van der Waals surface area contributed by atoms with E-state index in [0.717, 1.165) is 32.5 Å². The maximum absolute atomic E-state index is 11.2. The normalized spacial score (nSPS) is 26.5. The lowest BCUT2D eigenvalue weighted by Gasteiger charge is -2.33. The summed E-state index contributed by atoms with van der Waals surface area (Å²) < 4.78 is 4.92. The van der Waals surface area contributed by atoms with Crippen LogP contribution in [0.4, 0.5) is 4.79 Å².